The largest absolute Gasteiger partial charge is 0.236 e. The van der Waals surface area contributed by atoms with Crippen LogP contribution in [0.3, 0.4) is 0 Å². The summed E-state index contributed by atoms with van der Waals surface area (Å²) in [5.74, 6) is 2.65. The van der Waals surface area contributed by atoms with Crippen LogP contribution < -0.4 is 0 Å². The second kappa shape index (κ2) is 4.04. The first-order chi connectivity index (χ1) is 8.36. The van der Waals surface area contributed by atoms with Crippen LogP contribution in [0.4, 0.5) is 0 Å². The topological polar surface area (TPSA) is 12.9 Å². The van der Waals surface area contributed by atoms with Crippen molar-refractivity contribution in [1.82, 2.24) is 4.98 Å². The van der Waals surface area contributed by atoms with Gasteiger partial charge in [-0.1, -0.05) is 36.3 Å². The van der Waals surface area contributed by atoms with E-state index in [9.17, 15) is 0 Å². The molecule has 17 heavy (non-hydrogen) atoms. The molecule has 3 aromatic rings. The van der Waals surface area contributed by atoms with Crippen molar-refractivity contribution in [2.24, 2.45) is 0 Å². The zero-order valence-electron chi connectivity index (χ0n) is 9.05. The highest BCUT2D eigenvalue weighted by atomic mass is 32.1. The maximum Gasteiger partial charge on any atom is 0.124 e. The van der Waals surface area contributed by atoms with E-state index in [1.54, 1.807) is 11.3 Å². The molecule has 0 unspecified atom stereocenters. The number of thiazole rings is 1. The summed E-state index contributed by atoms with van der Waals surface area (Å²) in [6.07, 6.45) is 5.39. The molecule has 1 heterocycles. The quantitative estimate of drug-likeness (QED) is 0.582. The van der Waals surface area contributed by atoms with Crippen molar-refractivity contribution in [3.63, 3.8) is 0 Å². The van der Waals surface area contributed by atoms with Gasteiger partial charge >= 0.3 is 0 Å². The highest BCUT2D eigenvalue weighted by Crippen LogP contribution is 2.30. The van der Waals surface area contributed by atoms with Gasteiger partial charge in [0.05, 0.1) is 10.2 Å². The minimum atomic E-state index is 0.903. The molecule has 0 saturated heterocycles. The van der Waals surface area contributed by atoms with Gasteiger partial charge < -0.3 is 0 Å². The second-order valence-electron chi connectivity index (χ2n) is 3.71. The lowest BCUT2D eigenvalue weighted by atomic mass is 10.2. The lowest BCUT2D eigenvalue weighted by Gasteiger charge is -1.92. The smallest absolute Gasteiger partial charge is 0.124 e. The molecule has 2 heteroatoms. The number of aromatic nitrogens is 1. The number of benzene rings is 2. The first kappa shape index (κ1) is 10.1. The fourth-order valence-electron chi connectivity index (χ4n) is 1.72. The third kappa shape index (κ3) is 1.82. The summed E-state index contributed by atoms with van der Waals surface area (Å²) in [7, 11) is 0. The first-order valence-electron chi connectivity index (χ1n) is 5.29. The molecule has 0 N–H and O–H groups in total. The summed E-state index contributed by atoms with van der Waals surface area (Å²) >= 11 is 1.67. The molecule has 0 fully saturated rings. The first-order valence-corrected chi connectivity index (χ1v) is 6.11. The average Bonchev–Trinajstić information content (AvgIpc) is 2.82. The van der Waals surface area contributed by atoms with Crippen molar-refractivity contribution in [3.05, 3.63) is 54.1 Å². The van der Waals surface area contributed by atoms with Crippen LogP contribution in [0, 0.1) is 12.3 Å². The van der Waals surface area contributed by atoms with E-state index in [0.717, 1.165) is 26.4 Å². The fraction of sp³-hybridized carbons (Fsp3) is 0. The Morgan fingerprint density at radius 1 is 1.06 bits per heavy atom. The standard InChI is InChI=1S/C15H9NS/c1-2-11-8-9-13-14(10-11)17-15(16-13)12-6-4-3-5-7-12/h1,3-10H. The summed E-state index contributed by atoms with van der Waals surface area (Å²) in [5.41, 5.74) is 3.06. The number of rotatable bonds is 1. The summed E-state index contributed by atoms with van der Waals surface area (Å²) in [6.45, 7) is 0. The Labute approximate surface area is 104 Å². The third-order valence-electron chi connectivity index (χ3n) is 2.58. The van der Waals surface area contributed by atoms with Crippen LogP contribution in [-0.2, 0) is 0 Å². The molecule has 0 aliphatic carbocycles. The van der Waals surface area contributed by atoms with Crippen LogP contribution in [0.1, 0.15) is 5.56 Å². The number of terminal acetylenes is 1. The minimum absolute atomic E-state index is 0.903. The van der Waals surface area contributed by atoms with E-state index < -0.39 is 0 Å². The highest BCUT2D eigenvalue weighted by Gasteiger charge is 2.05. The van der Waals surface area contributed by atoms with E-state index >= 15 is 0 Å². The van der Waals surface area contributed by atoms with Gasteiger partial charge in [0, 0.05) is 11.1 Å². The Morgan fingerprint density at radius 2 is 1.88 bits per heavy atom. The van der Waals surface area contributed by atoms with Crippen molar-refractivity contribution in [2.45, 2.75) is 0 Å². The van der Waals surface area contributed by atoms with Gasteiger partial charge in [0.25, 0.3) is 0 Å². The predicted molar refractivity (Wildman–Crippen MR) is 73.0 cm³/mol. The van der Waals surface area contributed by atoms with E-state index in [-0.39, 0.29) is 0 Å². The van der Waals surface area contributed by atoms with Crippen molar-refractivity contribution in [2.75, 3.05) is 0 Å². The molecule has 0 saturated carbocycles. The molecule has 0 bridgehead atoms. The fourth-order valence-corrected chi connectivity index (χ4v) is 2.73. The van der Waals surface area contributed by atoms with E-state index in [2.05, 4.69) is 23.0 Å². The van der Waals surface area contributed by atoms with Crippen LogP contribution in [0.5, 0.6) is 0 Å². The van der Waals surface area contributed by atoms with Crippen LogP contribution in [0.25, 0.3) is 20.8 Å². The molecule has 0 atom stereocenters. The van der Waals surface area contributed by atoms with Gasteiger partial charge in [-0.05, 0) is 18.2 Å². The minimum Gasteiger partial charge on any atom is -0.236 e. The number of nitrogens with zero attached hydrogens (tertiary/aromatic N) is 1. The lowest BCUT2D eigenvalue weighted by Crippen LogP contribution is -1.74. The Balaban J connectivity index is 2.18. The van der Waals surface area contributed by atoms with Crippen LogP contribution >= 0.6 is 11.3 Å². The molecule has 1 aromatic heterocycles. The molecule has 0 amide bonds. The predicted octanol–water partition coefficient (Wildman–Crippen LogP) is 3.94. The van der Waals surface area contributed by atoms with Crippen LogP contribution in [0.15, 0.2) is 48.5 Å². The molecule has 0 aliphatic rings. The van der Waals surface area contributed by atoms with Crippen molar-refractivity contribution >= 4 is 21.6 Å². The third-order valence-corrected chi connectivity index (χ3v) is 3.64. The van der Waals surface area contributed by atoms with Crippen LogP contribution in [-0.4, -0.2) is 4.98 Å². The van der Waals surface area contributed by atoms with Gasteiger partial charge in [-0.25, -0.2) is 4.98 Å². The Kier molecular flexibility index (Phi) is 2.40. The molecular weight excluding hydrogens is 226 g/mol. The highest BCUT2D eigenvalue weighted by molar-refractivity contribution is 7.21. The van der Waals surface area contributed by atoms with Gasteiger partial charge in [0.15, 0.2) is 0 Å². The van der Waals surface area contributed by atoms with Crippen LogP contribution in [0.2, 0.25) is 0 Å². The number of fused-ring (bicyclic) bond motifs is 1. The van der Waals surface area contributed by atoms with Crippen molar-refractivity contribution < 1.29 is 0 Å². The summed E-state index contributed by atoms with van der Waals surface area (Å²) < 4.78 is 1.14. The van der Waals surface area contributed by atoms with Gasteiger partial charge in [-0.15, -0.1) is 17.8 Å². The van der Waals surface area contributed by atoms with E-state index in [1.165, 1.54) is 0 Å². The van der Waals surface area contributed by atoms with Crippen molar-refractivity contribution in [1.29, 1.82) is 0 Å². The van der Waals surface area contributed by atoms with Gasteiger partial charge in [-0.2, -0.15) is 0 Å². The summed E-state index contributed by atoms with van der Waals surface area (Å²) in [4.78, 5) is 4.61. The lowest BCUT2D eigenvalue weighted by molar-refractivity contribution is 1.47. The summed E-state index contributed by atoms with van der Waals surface area (Å²) in [5, 5.41) is 1.04. The average molecular weight is 235 g/mol. The van der Waals surface area contributed by atoms with E-state index in [4.69, 9.17) is 6.42 Å². The maximum atomic E-state index is 5.39. The number of hydrogen-bond acceptors (Lipinski definition) is 2. The zero-order chi connectivity index (χ0) is 11.7. The van der Waals surface area contributed by atoms with E-state index in [1.807, 2.05) is 36.4 Å². The maximum absolute atomic E-state index is 5.39. The molecular formula is C15H9NS. The Bertz CT molecular complexity index is 705. The van der Waals surface area contributed by atoms with Gasteiger partial charge in [-0.3, -0.25) is 0 Å². The molecule has 80 valence electrons. The molecule has 0 radical (unpaired) electrons. The molecule has 0 aliphatic heterocycles. The molecule has 1 nitrogen and oxygen atoms in total. The molecule has 0 spiro atoms. The van der Waals surface area contributed by atoms with Crippen molar-refractivity contribution in [3.8, 4) is 22.9 Å². The monoisotopic (exact) mass is 235 g/mol. The Hall–Kier alpha value is -2.11. The van der Waals surface area contributed by atoms with E-state index in [0.29, 0.717) is 0 Å². The molecule has 3 rings (SSSR count). The zero-order valence-corrected chi connectivity index (χ0v) is 9.87. The Morgan fingerprint density at radius 3 is 2.65 bits per heavy atom. The van der Waals surface area contributed by atoms with Gasteiger partial charge in [0.2, 0.25) is 0 Å². The van der Waals surface area contributed by atoms with Gasteiger partial charge in [0.1, 0.15) is 5.01 Å². The SMILES string of the molecule is C#Cc1ccc2nc(-c3ccccc3)sc2c1. The molecule has 2 aromatic carbocycles. The second-order valence-corrected chi connectivity index (χ2v) is 4.74. The number of hydrogen-bond donors (Lipinski definition) is 0. The normalized spacial score (nSPS) is 10.3. The summed E-state index contributed by atoms with van der Waals surface area (Å²) in [6, 6.07) is 16.1.